The summed E-state index contributed by atoms with van der Waals surface area (Å²) in [5, 5.41) is 7.14. The van der Waals surface area contributed by atoms with Crippen LogP contribution < -0.4 is 14.8 Å². The first-order valence-electron chi connectivity index (χ1n) is 8.82. The Balaban J connectivity index is 1.90. The van der Waals surface area contributed by atoms with Crippen molar-refractivity contribution >= 4 is 11.6 Å². The second kappa shape index (κ2) is 9.05. The Morgan fingerprint density at radius 3 is 2.61 bits per heavy atom. The van der Waals surface area contributed by atoms with Gasteiger partial charge >= 0.3 is 0 Å². The lowest BCUT2D eigenvalue weighted by Gasteiger charge is -2.14. The third-order valence-corrected chi connectivity index (χ3v) is 4.23. The van der Waals surface area contributed by atoms with Crippen LogP contribution in [0.25, 0.3) is 11.3 Å². The van der Waals surface area contributed by atoms with Crippen LogP contribution in [0.4, 0.5) is 5.69 Å². The molecular weight excluding hydrogens is 358 g/mol. The Kier molecular flexibility index (Phi) is 6.29. The molecule has 1 N–H and O–H groups in total. The van der Waals surface area contributed by atoms with E-state index in [1.807, 2.05) is 31.3 Å². The Bertz CT molecular complexity index is 952. The van der Waals surface area contributed by atoms with Gasteiger partial charge in [0.25, 0.3) is 5.91 Å². The van der Waals surface area contributed by atoms with E-state index in [1.54, 1.807) is 49.4 Å². The summed E-state index contributed by atoms with van der Waals surface area (Å²) in [4.78, 5) is 12.7. The molecule has 1 heterocycles. The summed E-state index contributed by atoms with van der Waals surface area (Å²) < 4.78 is 17.9. The number of hydrogen-bond acceptors (Lipinski definition) is 5. The fraction of sp³-hybridized carbons (Fsp3) is 0.238. The minimum absolute atomic E-state index is 0.249. The summed E-state index contributed by atoms with van der Waals surface area (Å²) in [6, 6.07) is 14.5. The highest BCUT2D eigenvalue weighted by atomic mass is 16.5. The van der Waals surface area contributed by atoms with Crippen molar-refractivity contribution in [3.05, 3.63) is 60.3 Å². The van der Waals surface area contributed by atoms with Crippen LogP contribution in [-0.2, 0) is 11.8 Å². The van der Waals surface area contributed by atoms with Crippen molar-refractivity contribution < 1.29 is 19.0 Å². The molecule has 7 heteroatoms. The van der Waals surface area contributed by atoms with Gasteiger partial charge in [-0.2, -0.15) is 5.10 Å². The summed E-state index contributed by atoms with van der Waals surface area (Å²) in [5.41, 5.74) is 2.81. The maximum atomic E-state index is 12.7. The molecule has 7 nitrogen and oxygen atoms in total. The van der Waals surface area contributed by atoms with Crippen molar-refractivity contribution in [1.29, 1.82) is 0 Å². The van der Waals surface area contributed by atoms with E-state index in [9.17, 15) is 4.79 Å². The van der Waals surface area contributed by atoms with Crippen LogP contribution in [-0.4, -0.2) is 43.1 Å². The summed E-state index contributed by atoms with van der Waals surface area (Å²) >= 11 is 0. The number of hydrogen-bond donors (Lipinski definition) is 1. The first-order valence-corrected chi connectivity index (χ1v) is 8.82. The smallest absolute Gasteiger partial charge is 0.259 e. The fourth-order valence-corrected chi connectivity index (χ4v) is 2.84. The third kappa shape index (κ3) is 4.32. The van der Waals surface area contributed by atoms with Gasteiger partial charge in [-0.25, -0.2) is 0 Å². The summed E-state index contributed by atoms with van der Waals surface area (Å²) in [7, 11) is 5.02. The van der Waals surface area contributed by atoms with E-state index in [0.717, 1.165) is 11.3 Å². The van der Waals surface area contributed by atoms with Gasteiger partial charge in [0.2, 0.25) is 0 Å². The van der Waals surface area contributed by atoms with Crippen LogP contribution in [0.5, 0.6) is 11.5 Å². The molecule has 0 fully saturated rings. The van der Waals surface area contributed by atoms with Gasteiger partial charge in [-0.1, -0.05) is 12.1 Å². The molecule has 0 aliphatic carbocycles. The van der Waals surface area contributed by atoms with Crippen molar-refractivity contribution in [3.8, 4) is 22.8 Å². The second-order valence-electron chi connectivity index (χ2n) is 6.05. The second-order valence-corrected chi connectivity index (χ2v) is 6.05. The first-order chi connectivity index (χ1) is 13.6. The standard InChI is InChI=1S/C21H23N3O4/c1-24-18(10-11-22-24)17-14-15(8-9-20(17)28-13-12-26-2)23-21(25)16-6-4-5-7-19(16)27-3/h4-11,14H,12-13H2,1-3H3,(H,23,25). The molecule has 3 rings (SSSR count). The number of para-hydroxylation sites is 1. The van der Waals surface area contributed by atoms with E-state index in [1.165, 1.54) is 0 Å². The molecule has 3 aromatic rings. The molecule has 1 aromatic heterocycles. The molecule has 0 radical (unpaired) electrons. The van der Waals surface area contributed by atoms with Gasteiger partial charge in [-0.15, -0.1) is 0 Å². The number of nitrogens with one attached hydrogen (secondary N) is 1. The zero-order valence-electron chi connectivity index (χ0n) is 16.1. The van der Waals surface area contributed by atoms with Crippen LogP contribution in [0.2, 0.25) is 0 Å². The van der Waals surface area contributed by atoms with Gasteiger partial charge < -0.3 is 19.5 Å². The SMILES string of the molecule is COCCOc1ccc(NC(=O)c2ccccc2OC)cc1-c1ccnn1C. The number of carbonyl (C=O) groups is 1. The highest BCUT2D eigenvalue weighted by Crippen LogP contribution is 2.33. The fourth-order valence-electron chi connectivity index (χ4n) is 2.84. The molecule has 0 atom stereocenters. The molecule has 146 valence electrons. The summed E-state index contributed by atoms with van der Waals surface area (Å²) in [6.45, 7) is 0.908. The molecular formula is C21H23N3O4. The minimum atomic E-state index is -0.249. The number of amides is 1. The van der Waals surface area contributed by atoms with Gasteiger partial charge in [0.1, 0.15) is 18.1 Å². The molecule has 28 heavy (non-hydrogen) atoms. The van der Waals surface area contributed by atoms with Crippen molar-refractivity contribution in [1.82, 2.24) is 9.78 Å². The number of aryl methyl sites for hydroxylation is 1. The molecule has 0 aliphatic rings. The van der Waals surface area contributed by atoms with Crippen molar-refractivity contribution in [2.45, 2.75) is 0 Å². The Labute approximate surface area is 163 Å². The molecule has 0 unspecified atom stereocenters. The quantitative estimate of drug-likeness (QED) is 0.606. The lowest BCUT2D eigenvalue weighted by molar-refractivity contribution is 0.102. The monoisotopic (exact) mass is 381 g/mol. The number of nitrogens with zero attached hydrogens (tertiary/aromatic N) is 2. The predicted molar refractivity (Wildman–Crippen MR) is 107 cm³/mol. The normalized spacial score (nSPS) is 10.5. The van der Waals surface area contributed by atoms with E-state index in [0.29, 0.717) is 36.0 Å². The van der Waals surface area contributed by atoms with E-state index < -0.39 is 0 Å². The van der Waals surface area contributed by atoms with Gasteiger partial charge in [-0.05, 0) is 36.4 Å². The highest BCUT2D eigenvalue weighted by Gasteiger charge is 2.15. The number of ether oxygens (including phenoxy) is 3. The topological polar surface area (TPSA) is 74.6 Å². The van der Waals surface area contributed by atoms with Gasteiger partial charge in [0, 0.05) is 31.6 Å². The average Bonchev–Trinajstić information content (AvgIpc) is 3.14. The van der Waals surface area contributed by atoms with E-state index >= 15 is 0 Å². The van der Waals surface area contributed by atoms with Gasteiger partial charge in [0.15, 0.2) is 0 Å². The van der Waals surface area contributed by atoms with Crippen LogP contribution in [0, 0.1) is 0 Å². The molecule has 0 spiro atoms. The number of benzene rings is 2. The molecule has 0 saturated carbocycles. The van der Waals surface area contributed by atoms with Crippen molar-refractivity contribution in [2.75, 3.05) is 32.8 Å². The van der Waals surface area contributed by atoms with Gasteiger partial charge in [0.05, 0.1) is 25.0 Å². The molecule has 1 amide bonds. The third-order valence-electron chi connectivity index (χ3n) is 4.23. The number of anilines is 1. The average molecular weight is 381 g/mol. The lowest BCUT2D eigenvalue weighted by atomic mass is 10.1. The number of carbonyl (C=O) groups excluding carboxylic acids is 1. The summed E-state index contributed by atoms with van der Waals surface area (Å²) in [6.07, 6.45) is 1.72. The van der Waals surface area contributed by atoms with Crippen LogP contribution in [0.1, 0.15) is 10.4 Å². The number of aromatic nitrogens is 2. The zero-order valence-corrected chi connectivity index (χ0v) is 16.1. The van der Waals surface area contributed by atoms with Crippen molar-refractivity contribution in [3.63, 3.8) is 0 Å². The Morgan fingerprint density at radius 2 is 1.89 bits per heavy atom. The Hall–Kier alpha value is -3.32. The van der Waals surface area contributed by atoms with Crippen LogP contribution in [0.3, 0.4) is 0 Å². The zero-order chi connectivity index (χ0) is 19.9. The maximum Gasteiger partial charge on any atom is 0.259 e. The molecule has 2 aromatic carbocycles. The summed E-state index contributed by atoms with van der Waals surface area (Å²) in [5.74, 6) is 0.962. The molecule has 0 saturated heterocycles. The number of rotatable bonds is 8. The molecule has 0 aliphatic heterocycles. The van der Waals surface area contributed by atoms with E-state index in [4.69, 9.17) is 14.2 Å². The predicted octanol–water partition coefficient (Wildman–Crippen LogP) is 3.37. The molecule has 0 bridgehead atoms. The largest absolute Gasteiger partial charge is 0.496 e. The Morgan fingerprint density at radius 1 is 1.07 bits per heavy atom. The van der Waals surface area contributed by atoms with Crippen LogP contribution >= 0.6 is 0 Å². The highest BCUT2D eigenvalue weighted by molar-refractivity contribution is 6.06. The van der Waals surface area contributed by atoms with Gasteiger partial charge in [-0.3, -0.25) is 9.48 Å². The lowest BCUT2D eigenvalue weighted by Crippen LogP contribution is -2.13. The number of methoxy groups -OCH3 is 2. The van der Waals surface area contributed by atoms with E-state index in [2.05, 4.69) is 10.4 Å². The maximum absolute atomic E-state index is 12.7. The minimum Gasteiger partial charge on any atom is -0.496 e. The van der Waals surface area contributed by atoms with Crippen molar-refractivity contribution in [2.24, 2.45) is 7.05 Å². The first kappa shape index (κ1) is 19.4. The van der Waals surface area contributed by atoms with E-state index in [-0.39, 0.29) is 5.91 Å². The van der Waals surface area contributed by atoms with Crippen LogP contribution in [0.15, 0.2) is 54.7 Å².